The van der Waals surface area contributed by atoms with Gasteiger partial charge in [0.05, 0.1) is 0 Å². The summed E-state index contributed by atoms with van der Waals surface area (Å²) in [5.41, 5.74) is 4.55. The highest BCUT2D eigenvalue weighted by Crippen LogP contribution is 2.33. The van der Waals surface area contributed by atoms with Crippen LogP contribution in [-0.4, -0.2) is 23.3 Å². The summed E-state index contributed by atoms with van der Waals surface area (Å²) in [6.45, 7) is 1.48. The van der Waals surface area contributed by atoms with Crippen molar-refractivity contribution in [3.05, 3.63) is 65.2 Å². The Morgan fingerprint density at radius 2 is 1.85 bits per heavy atom. The molecule has 0 aromatic heterocycles. The van der Waals surface area contributed by atoms with Crippen molar-refractivity contribution in [2.24, 2.45) is 5.92 Å². The molecule has 4 rings (SSSR count). The molecule has 0 radical (unpaired) electrons. The fourth-order valence-corrected chi connectivity index (χ4v) is 3.73. The fourth-order valence-electron chi connectivity index (χ4n) is 3.73. The number of nitrogens with one attached hydrogen (secondary N) is 1. The first-order valence-corrected chi connectivity index (χ1v) is 9.93. The van der Waals surface area contributed by atoms with Crippen LogP contribution in [0, 0.1) is 5.92 Å². The van der Waals surface area contributed by atoms with E-state index in [1.54, 1.807) is 0 Å². The second-order valence-corrected chi connectivity index (χ2v) is 7.65. The summed E-state index contributed by atoms with van der Waals surface area (Å²) in [5.74, 6) is 0.614. The molecule has 4 heteroatoms. The number of fused-ring (bicyclic) bond motifs is 1. The van der Waals surface area contributed by atoms with E-state index in [-0.39, 0.29) is 11.8 Å². The van der Waals surface area contributed by atoms with Gasteiger partial charge in [-0.1, -0.05) is 36.4 Å². The number of hydrogen-bond acceptors (Lipinski definition) is 2. The molecule has 0 atom stereocenters. The zero-order valence-electron chi connectivity index (χ0n) is 15.6. The average Bonchev–Trinajstić information content (AvgIpc) is 3.53. The van der Waals surface area contributed by atoms with E-state index < -0.39 is 0 Å². The van der Waals surface area contributed by atoms with Gasteiger partial charge in [0.25, 0.3) is 0 Å². The van der Waals surface area contributed by atoms with Gasteiger partial charge in [-0.15, -0.1) is 0 Å². The van der Waals surface area contributed by atoms with Crippen molar-refractivity contribution in [1.29, 1.82) is 0 Å². The molecule has 2 aromatic carbocycles. The summed E-state index contributed by atoms with van der Waals surface area (Å²) in [6, 6.07) is 16.4. The van der Waals surface area contributed by atoms with Crippen LogP contribution >= 0.6 is 0 Å². The maximum atomic E-state index is 12.3. The van der Waals surface area contributed by atoms with Crippen LogP contribution in [0.2, 0.25) is 0 Å². The van der Waals surface area contributed by atoms with Crippen molar-refractivity contribution in [2.45, 2.75) is 45.1 Å². The van der Waals surface area contributed by atoms with Crippen molar-refractivity contribution < 1.29 is 9.59 Å². The van der Waals surface area contributed by atoms with Crippen LogP contribution in [0.5, 0.6) is 0 Å². The highest BCUT2D eigenvalue weighted by molar-refractivity contribution is 5.90. The zero-order valence-corrected chi connectivity index (χ0v) is 15.6. The Labute approximate surface area is 160 Å². The molecule has 1 heterocycles. The molecule has 1 fully saturated rings. The number of anilines is 1. The number of carbonyl (C=O) groups excluding carboxylic acids is 2. The van der Waals surface area contributed by atoms with Gasteiger partial charge in [0.15, 0.2) is 0 Å². The highest BCUT2D eigenvalue weighted by atomic mass is 16.2. The lowest BCUT2D eigenvalue weighted by Crippen LogP contribution is -2.36. The molecule has 1 aliphatic heterocycles. The Kier molecular flexibility index (Phi) is 5.23. The van der Waals surface area contributed by atoms with Crippen molar-refractivity contribution in [3.8, 4) is 0 Å². The molecule has 1 aliphatic carbocycles. The van der Waals surface area contributed by atoms with Gasteiger partial charge in [-0.3, -0.25) is 9.59 Å². The molecule has 0 saturated heterocycles. The summed E-state index contributed by atoms with van der Waals surface area (Å²) < 4.78 is 0. The largest absolute Gasteiger partial charge is 0.338 e. The Morgan fingerprint density at radius 1 is 1.04 bits per heavy atom. The quantitative estimate of drug-likeness (QED) is 0.846. The van der Waals surface area contributed by atoms with Crippen LogP contribution in [-0.2, 0) is 29.0 Å². The number of nitrogens with zero attached hydrogens (tertiary/aromatic N) is 1. The molecule has 2 aromatic rings. The van der Waals surface area contributed by atoms with Crippen LogP contribution < -0.4 is 5.32 Å². The summed E-state index contributed by atoms with van der Waals surface area (Å²) in [5, 5.41) is 3.02. The van der Waals surface area contributed by atoms with Gasteiger partial charge in [-0.25, -0.2) is 0 Å². The minimum absolute atomic E-state index is 0.0487. The third-order valence-electron chi connectivity index (χ3n) is 5.45. The van der Waals surface area contributed by atoms with E-state index in [9.17, 15) is 9.59 Å². The van der Waals surface area contributed by atoms with Crippen molar-refractivity contribution in [2.75, 3.05) is 11.9 Å². The maximum Gasteiger partial charge on any atom is 0.225 e. The molecule has 0 bridgehead atoms. The molecule has 0 unspecified atom stereocenters. The van der Waals surface area contributed by atoms with E-state index >= 15 is 0 Å². The highest BCUT2D eigenvalue weighted by Gasteiger charge is 2.34. The van der Waals surface area contributed by atoms with Crippen LogP contribution in [0.4, 0.5) is 5.69 Å². The van der Waals surface area contributed by atoms with Crippen molar-refractivity contribution in [3.63, 3.8) is 0 Å². The van der Waals surface area contributed by atoms with Gasteiger partial charge in [-0.2, -0.15) is 0 Å². The molecule has 1 saturated carbocycles. The van der Waals surface area contributed by atoms with E-state index in [0.717, 1.165) is 49.9 Å². The molecular formula is C23H26N2O2. The Morgan fingerprint density at radius 3 is 2.63 bits per heavy atom. The van der Waals surface area contributed by atoms with E-state index in [4.69, 9.17) is 0 Å². The zero-order chi connectivity index (χ0) is 18.6. The summed E-state index contributed by atoms with van der Waals surface area (Å²) >= 11 is 0. The molecule has 2 amide bonds. The standard InChI is InChI=1S/C23H26N2O2/c26-22(8-4-7-17-5-2-1-3-6-17)24-21-12-11-18-13-14-25(16-20(18)15-21)23(27)19-9-10-19/h1-3,5-6,11-12,15,19H,4,7-10,13-14,16H2,(H,24,26). The number of benzene rings is 2. The first kappa shape index (κ1) is 17.8. The predicted octanol–water partition coefficient (Wildman–Crippen LogP) is 3.94. The van der Waals surface area contributed by atoms with Gasteiger partial charge in [0.1, 0.15) is 0 Å². The first-order chi connectivity index (χ1) is 13.2. The number of hydrogen-bond donors (Lipinski definition) is 1. The first-order valence-electron chi connectivity index (χ1n) is 9.93. The topological polar surface area (TPSA) is 49.4 Å². The van der Waals surface area contributed by atoms with Crippen LogP contribution in [0.3, 0.4) is 0 Å². The lowest BCUT2D eigenvalue weighted by Gasteiger charge is -2.29. The number of aryl methyl sites for hydroxylation is 1. The summed E-state index contributed by atoms with van der Waals surface area (Å²) in [6.07, 6.45) is 5.25. The fraction of sp³-hybridized carbons (Fsp3) is 0.391. The van der Waals surface area contributed by atoms with Crippen LogP contribution in [0.1, 0.15) is 42.4 Å². The Bertz CT molecular complexity index is 828. The molecule has 0 spiro atoms. The number of rotatable bonds is 6. The van der Waals surface area contributed by atoms with Crippen molar-refractivity contribution >= 4 is 17.5 Å². The second-order valence-electron chi connectivity index (χ2n) is 7.65. The maximum absolute atomic E-state index is 12.3. The molecule has 27 heavy (non-hydrogen) atoms. The average molecular weight is 362 g/mol. The lowest BCUT2D eigenvalue weighted by molar-refractivity contribution is -0.133. The summed E-state index contributed by atoms with van der Waals surface area (Å²) in [7, 11) is 0. The monoisotopic (exact) mass is 362 g/mol. The Balaban J connectivity index is 1.31. The molecule has 2 aliphatic rings. The van der Waals surface area contributed by atoms with Crippen molar-refractivity contribution in [1.82, 2.24) is 4.90 Å². The Hall–Kier alpha value is -2.62. The normalized spacial score (nSPS) is 15.9. The minimum atomic E-state index is 0.0487. The second kappa shape index (κ2) is 7.95. The third kappa shape index (κ3) is 4.57. The molecule has 140 valence electrons. The van der Waals surface area contributed by atoms with E-state index in [0.29, 0.717) is 18.9 Å². The smallest absolute Gasteiger partial charge is 0.225 e. The van der Waals surface area contributed by atoms with E-state index in [1.807, 2.05) is 35.2 Å². The number of carbonyl (C=O) groups is 2. The van der Waals surface area contributed by atoms with Gasteiger partial charge >= 0.3 is 0 Å². The SMILES string of the molecule is O=C(CCCc1ccccc1)Nc1ccc2c(c1)CN(C(=O)C1CC1)CC2. The van der Waals surface area contributed by atoms with Crippen LogP contribution in [0.15, 0.2) is 48.5 Å². The predicted molar refractivity (Wildman–Crippen MR) is 106 cm³/mol. The van der Waals surface area contributed by atoms with E-state index in [2.05, 4.69) is 23.5 Å². The molecular weight excluding hydrogens is 336 g/mol. The van der Waals surface area contributed by atoms with Gasteiger partial charge in [-0.05, 0) is 60.9 Å². The number of amides is 2. The van der Waals surface area contributed by atoms with Gasteiger partial charge in [0, 0.05) is 31.1 Å². The molecule has 1 N–H and O–H groups in total. The third-order valence-corrected chi connectivity index (χ3v) is 5.45. The molecule has 4 nitrogen and oxygen atoms in total. The minimum Gasteiger partial charge on any atom is -0.338 e. The van der Waals surface area contributed by atoms with Gasteiger partial charge in [0.2, 0.25) is 11.8 Å². The van der Waals surface area contributed by atoms with Crippen LogP contribution in [0.25, 0.3) is 0 Å². The van der Waals surface area contributed by atoms with E-state index in [1.165, 1.54) is 11.1 Å². The van der Waals surface area contributed by atoms with Gasteiger partial charge < -0.3 is 10.2 Å². The lowest BCUT2D eigenvalue weighted by atomic mass is 9.98. The summed E-state index contributed by atoms with van der Waals surface area (Å²) in [4.78, 5) is 26.6.